The predicted molar refractivity (Wildman–Crippen MR) is 71.4 cm³/mol. The Morgan fingerprint density at radius 2 is 2.16 bits per heavy atom. The molecule has 0 aliphatic carbocycles. The van der Waals surface area contributed by atoms with E-state index in [1.807, 2.05) is 0 Å². The van der Waals surface area contributed by atoms with Gasteiger partial charge in [0, 0.05) is 32.7 Å². The molecule has 104 valence electrons. The van der Waals surface area contributed by atoms with Crippen LogP contribution in [0.25, 0.3) is 0 Å². The van der Waals surface area contributed by atoms with Gasteiger partial charge in [-0.3, -0.25) is 0 Å². The molecule has 0 amide bonds. The first-order valence-corrected chi connectivity index (χ1v) is 6.48. The fourth-order valence-corrected chi connectivity index (χ4v) is 1.98. The molecule has 2 rings (SSSR count). The van der Waals surface area contributed by atoms with Crippen molar-refractivity contribution in [3.05, 3.63) is 18.1 Å². The quantitative estimate of drug-likeness (QED) is 0.618. The van der Waals surface area contributed by atoms with Crippen LogP contribution in [0.4, 0.5) is 5.82 Å². The second kappa shape index (κ2) is 7.01. The molecule has 0 saturated carbocycles. The molecule has 0 radical (unpaired) electrons. The van der Waals surface area contributed by atoms with Crippen LogP contribution in [0, 0.1) is 0 Å². The maximum Gasteiger partial charge on any atom is 0.356 e. The van der Waals surface area contributed by atoms with E-state index in [1.54, 1.807) is 0 Å². The summed E-state index contributed by atoms with van der Waals surface area (Å²) in [6.45, 7) is 6.21. The number of rotatable bonds is 6. The monoisotopic (exact) mass is 265 g/mol. The third-order valence-electron chi connectivity index (χ3n) is 3.04. The number of aromatic nitrogens is 2. The summed E-state index contributed by atoms with van der Waals surface area (Å²) >= 11 is 0. The van der Waals surface area contributed by atoms with Crippen molar-refractivity contribution in [2.24, 2.45) is 0 Å². The minimum Gasteiger partial charge on any atom is -0.476 e. The second-order valence-electron chi connectivity index (χ2n) is 4.46. The van der Waals surface area contributed by atoms with Crippen LogP contribution < -0.4 is 10.6 Å². The SMILES string of the molecule is O=C(O)c1cnc(NCCCN2CCNCC2)cn1. The van der Waals surface area contributed by atoms with Gasteiger partial charge in [-0.25, -0.2) is 14.8 Å². The van der Waals surface area contributed by atoms with Crippen molar-refractivity contribution in [1.29, 1.82) is 0 Å². The highest BCUT2D eigenvalue weighted by Crippen LogP contribution is 2.02. The Balaban J connectivity index is 1.66. The van der Waals surface area contributed by atoms with Gasteiger partial charge in [-0.2, -0.15) is 0 Å². The van der Waals surface area contributed by atoms with Crippen LogP contribution in [0.1, 0.15) is 16.9 Å². The molecule has 7 heteroatoms. The summed E-state index contributed by atoms with van der Waals surface area (Å²) < 4.78 is 0. The number of hydrogen-bond acceptors (Lipinski definition) is 6. The average molecular weight is 265 g/mol. The van der Waals surface area contributed by atoms with Crippen LogP contribution in [0.5, 0.6) is 0 Å². The lowest BCUT2D eigenvalue weighted by molar-refractivity contribution is 0.0690. The zero-order valence-electron chi connectivity index (χ0n) is 10.8. The fourth-order valence-electron chi connectivity index (χ4n) is 1.98. The Labute approximate surface area is 112 Å². The van der Waals surface area contributed by atoms with Crippen LogP contribution in [0.15, 0.2) is 12.4 Å². The highest BCUT2D eigenvalue weighted by molar-refractivity contribution is 5.84. The molecule has 1 aromatic rings. The number of nitrogens with zero attached hydrogens (tertiary/aromatic N) is 3. The van der Waals surface area contributed by atoms with Gasteiger partial charge in [0.25, 0.3) is 0 Å². The van der Waals surface area contributed by atoms with E-state index in [1.165, 1.54) is 12.4 Å². The number of piperazine rings is 1. The largest absolute Gasteiger partial charge is 0.476 e. The van der Waals surface area contributed by atoms with E-state index in [4.69, 9.17) is 5.11 Å². The van der Waals surface area contributed by atoms with Crippen molar-refractivity contribution in [3.63, 3.8) is 0 Å². The number of nitrogens with one attached hydrogen (secondary N) is 2. The normalized spacial score (nSPS) is 16.2. The maximum absolute atomic E-state index is 10.6. The van der Waals surface area contributed by atoms with E-state index < -0.39 is 5.97 Å². The smallest absolute Gasteiger partial charge is 0.356 e. The van der Waals surface area contributed by atoms with Gasteiger partial charge in [-0.05, 0) is 13.0 Å². The lowest BCUT2D eigenvalue weighted by Crippen LogP contribution is -2.44. The van der Waals surface area contributed by atoms with Crippen LogP contribution in [0.3, 0.4) is 0 Å². The summed E-state index contributed by atoms with van der Waals surface area (Å²) in [5, 5.41) is 15.2. The number of carbonyl (C=O) groups is 1. The molecule has 1 aliphatic heterocycles. The highest BCUT2D eigenvalue weighted by Gasteiger charge is 2.08. The second-order valence-corrected chi connectivity index (χ2v) is 4.46. The molecule has 1 aliphatic rings. The molecule has 0 unspecified atom stereocenters. The van der Waals surface area contributed by atoms with Crippen molar-refractivity contribution >= 4 is 11.8 Å². The van der Waals surface area contributed by atoms with Gasteiger partial charge < -0.3 is 20.6 Å². The molecule has 1 aromatic heterocycles. The fraction of sp³-hybridized carbons (Fsp3) is 0.583. The molecule has 19 heavy (non-hydrogen) atoms. The number of hydrogen-bond donors (Lipinski definition) is 3. The summed E-state index contributed by atoms with van der Waals surface area (Å²) in [4.78, 5) is 20.9. The van der Waals surface area contributed by atoms with Crippen LogP contribution >= 0.6 is 0 Å². The van der Waals surface area contributed by atoms with Gasteiger partial charge in [0.2, 0.25) is 0 Å². The Kier molecular flexibility index (Phi) is 5.05. The average Bonchev–Trinajstić information content (AvgIpc) is 2.45. The Hall–Kier alpha value is -1.73. The van der Waals surface area contributed by atoms with Gasteiger partial charge in [-0.1, -0.05) is 0 Å². The summed E-state index contributed by atoms with van der Waals surface area (Å²) in [7, 11) is 0. The molecule has 7 nitrogen and oxygen atoms in total. The van der Waals surface area contributed by atoms with Crippen molar-refractivity contribution in [3.8, 4) is 0 Å². The Bertz CT molecular complexity index is 403. The third-order valence-corrected chi connectivity index (χ3v) is 3.04. The molecular weight excluding hydrogens is 246 g/mol. The number of aromatic carboxylic acids is 1. The van der Waals surface area contributed by atoms with Gasteiger partial charge >= 0.3 is 5.97 Å². The van der Waals surface area contributed by atoms with E-state index in [9.17, 15) is 4.79 Å². The first kappa shape index (κ1) is 13.7. The van der Waals surface area contributed by atoms with Crippen molar-refractivity contribution in [1.82, 2.24) is 20.2 Å². The molecule has 2 heterocycles. The number of carboxylic acid groups (broad SMARTS) is 1. The molecular formula is C12H19N5O2. The molecule has 3 N–H and O–H groups in total. The molecule has 0 spiro atoms. The summed E-state index contributed by atoms with van der Waals surface area (Å²) in [6.07, 6.45) is 3.75. The minimum atomic E-state index is -1.06. The van der Waals surface area contributed by atoms with Gasteiger partial charge in [-0.15, -0.1) is 0 Å². The topological polar surface area (TPSA) is 90.4 Å². The lowest BCUT2D eigenvalue weighted by Gasteiger charge is -2.27. The Morgan fingerprint density at radius 1 is 1.37 bits per heavy atom. The summed E-state index contributed by atoms with van der Waals surface area (Å²) in [6, 6.07) is 0. The van der Waals surface area contributed by atoms with Gasteiger partial charge in [0.05, 0.1) is 12.4 Å². The number of carboxylic acids is 1. The molecule has 1 fully saturated rings. The van der Waals surface area contributed by atoms with Gasteiger partial charge in [0.15, 0.2) is 5.69 Å². The lowest BCUT2D eigenvalue weighted by atomic mass is 10.3. The van der Waals surface area contributed by atoms with Crippen molar-refractivity contribution in [2.45, 2.75) is 6.42 Å². The van der Waals surface area contributed by atoms with Gasteiger partial charge in [0.1, 0.15) is 5.82 Å². The zero-order chi connectivity index (χ0) is 13.5. The molecule has 0 atom stereocenters. The maximum atomic E-state index is 10.6. The predicted octanol–water partition coefficient (Wildman–Crippen LogP) is -0.118. The van der Waals surface area contributed by atoms with E-state index in [2.05, 4.69) is 25.5 Å². The minimum absolute atomic E-state index is 0.0358. The highest BCUT2D eigenvalue weighted by atomic mass is 16.4. The molecule has 1 saturated heterocycles. The van der Waals surface area contributed by atoms with Crippen LogP contribution in [-0.2, 0) is 0 Å². The summed E-state index contributed by atoms with van der Waals surface area (Å²) in [5.41, 5.74) is -0.0358. The van der Waals surface area contributed by atoms with E-state index in [0.717, 1.165) is 45.7 Å². The number of anilines is 1. The standard InChI is InChI=1S/C12H19N5O2/c18-12(19)10-8-16-11(9-15-10)14-2-1-5-17-6-3-13-4-7-17/h8-9,13H,1-7H2,(H,14,16)(H,18,19). The summed E-state index contributed by atoms with van der Waals surface area (Å²) in [5.74, 6) is -0.442. The van der Waals surface area contributed by atoms with E-state index in [0.29, 0.717) is 5.82 Å². The van der Waals surface area contributed by atoms with E-state index in [-0.39, 0.29) is 5.69 Å². The van der Waals surface area contributed by atoms with E-state index >= 15 is 0 Å². The van der Waals surface area contributed by atoms with Crippen LogP contribution in [-0.4, -0.2) is 65.2 Å². The van der Waals surface area contributed by atoms with Crippen LogP contribution in [0.2, 0.25) is 0 Å². The first-order chi connectivity index (χ1) is 9.25. The third kappa shape index (κ3) is 4.46. The molecule has 0 aromatic carbocycles. The first-order valence-electron chi connectivity index (χ1n) is 6.48. The van der Waals surface area contributed by atoms with Crippen molar-refractivity contribution < 1.29 is 9.90 Å². The zero-order valence-corrected chi connectivity index (χ0v) is 10.8. The molecule has 0 bridgehead atoms. The van der Waals surface area contributed by atoms with Crippen molar-refractivity contribution in [2.75, 3.05) is 44.6 Å². The Morgan fingerprint density at radius 3 is 2.79 bits per heavy atom.